The normalized spacial score (nSPS) is 19.2. The monoisotopic (exact) mass is 417 g/mol. The maximum absolute atomic E-state index is 11.4. The number of phenolic OH excluding ortho intramolecular Hbond substituents is 2. The van der Waals surface area contributed by atoms with Crippen molar-refractivity contribution < 1.29 is 34.7 Å². The van der Waals surface area contributed by atoms with Crippen molar-refractivity contribution in [3.05, 3.63) is 41.5 Å². The largest absolute Gasteiger partial charge is 0.508 e. The van der Waals surface area contributed by atoms with Crippen LogP contribution in [0, 0.1) is 0 Å². The summed E-state index contributed by atoms with van der Waals surface area (Å²) in [6, 6.07) is 8.33. The maximum Gasteiger partial charge on any atom is 0.221 e. The number of carbonyl (C=O) groups excluding carboxylic acids is 1. The third kappa shape index (κ3) is 4.57. The zero-order chi connectivity index (χ0) is 21.8. The van der Waals surface area contributed by atoms with Crippen molar-refractivity contribution in [1.82, 2.24) is 0 Å². The molecule has 162 valence electrons. The molecule has 1 aliphatic heterocycles. The Labute approximate surface area is 174 Å². The van der Waals surface area contributed by atoms with Crippen molar-refractivity contribution in [2.45, 2.75) is 45.2 Å². The van der Waals surface area contributed by atoms with Gasteiger partial charge in [-0.05, 0) is 35.2 Å². The van der Waals surface area contributed by atoms with E-state index in [1.54, 1.807) is 24.3 Å². The van der Waals surface area contributed by atoms with Crippen molar-refractivity contribution in [3.8, 4) is 22.6 Å². The van der Waals surface area contributed by atoms with E-state index in [4.69, 9.17) is 9.47 Å². The molecule has 8 nitrogen and oxygen atoms in total. The molecule has 0 saturated carbocycles. The molecular weight excluding hydrogens is 390 g/mol. The molecule has 5 N–H and O–H groups in total. The summed E-state index contributed by atoms with van der Waals surface area (Å²) in [5.41, 5.74) is 2.99. The van der Waals surface area contributed by atoms with E-state index < -0.39 is 18.5 Å². The molecule has 1 saturated heterocycles. The second-order valence-corrected chi connectivity index (χ2v) is 7.21. The highest BCUT2D eigenvalue weighted by Crippen LogP contribution is 2.42. The van der Waals surface area contributed by atoms with Crippen LogP contribution in [0.5, 0.6) is 11.5 Å². The maximum atomic E-state index is 11.4. The summed E-state index contributed by atoms with van der Waals surface area (Å²) < 4.78 is 11.4. The second kappa shape index (κ2) is 9.44. The number of ether oxygens (including phenoxy) is 2. The van der Waals surface area contributed by atoms with Gasteiger partial charge in [-0.25, -0.2) is 0 Å². The predicted molar refractivity (Wildman–Crippen MR) is 110 cm³/mol. The van der Waals surface area contributed by atoms with Crippen LogP contribution in [0.15, 0.2) is 30.3 Å². The average molecular weight is 417 g/mol. The first-order chi connectivity index (χ1) is 14.4. The van der Waals surface area contributed by atoms with Crippen molar-refractivity contribution in [2.24, 2.45) is 0 Å². The van der Waals surface area contributed by atoms with Gasteiger partial charge < -0.3 is 35.2 Å². The molecule has 0 radical (unpaired) electrons. The molecule has 2 atom stereocenters. The third-order valence-corrected chi connectivity index (χ3v) is 5.13. The van der Waals surface area contributed by atoms with Crippen LogP contribution >= 0.6 is 0 Å². The summed E-state index contributed by atoms with van der Waals surface area (Å²) >= 11 is 0. The molecular formula is C22H27NO7. The Balaban J connectivity index is 2.05. The van der Waals surface area contributed by atoms with Gasteiger partial charge in [-0.1, -0.05) is 19.1 Å². The number of amides is 1. The lowest BCUT2D eigenvalue weighted by Gasteiger charge is -2.20. The van der Waals surface area contributed by atoms with E-state index in [0.717, 1.165) is 0 Å². The summed E-state index contributed by atoms with van der Waals surface area (Å²) in [5.74, 6) is -0.369. The second-order valence-electron chi connectivity index (χ2n) is 7.21. The van der Waals surface area contributed by atoms with Crippen LogP contribution in [-0.2, 0) is 27.1 Å². The van der Waals surface area contributed by atoms with Crippen LogP contribution in [0.2, 0.25) is 0 Å². The van der Waals surface area contributed by atoms with Gasteiger partial charge in [0.25, 0.3) is 0 Å². The fraction of sp³-hybridized carbons (Fsp3) is 0.409. The first-order valence-corrected chi connectivity index (χ1v) is 9.85. The first kappa shape index (κ1) is 22.0. The number of carbonyl (C=O) groups is 1. The molecule has 2 aromatic rings. The van der Waals surface area contributed by atoms with Crippen LogP contribution in [0.25, 0.3) is 11.1 Å². The average Bonchev–Trinajstić information content (AvgIpc) is 3.09. The molecule has 0 spiro atoms. The Morgan fingerprint density at radius 2 is 1.70 bits per heavy atom. The van der Waals surface area contributed by atoms with Gasteiger partial charge in [-0.15, -0.1) is 0 Å². The molecule has 0 aliphatic carbocycles. The molecule has 0 unspecified atom stereocenters. The highest BCUT2D eigenvalue weighted by molar-refractivity contribution is 5.90. The number of hydrogen-bond donors (Lipinski definition) is 5. The summed E-state index contributed by atoms with van der Waals surface area (Å²) in [6.07, 6.45) is -1.37. The van der Waals surface area contributed by atoms with Crippen LogP contribution in [0.3, 0.4) is 0 Å². The van der Waals surface area contributed by atoms with Gasteiger partial charge in [0, 0.05) is 30.7 Å². The Bertz CT molecular complexity index is 903. The smallest absolute Gasteiger partial charge is 0.221 e. The van der Waals surface area contributed by atoms with Crippen molar-refractivity contribution in [2.75, 3.05) is 18.5 Å². The summed E-state index contributed by atoms with van der Waals surface area (Å²) in [7, 11) is 0. The minimum Gasteiger partial charge on any atom is -0.508 e. The van der Waals surface area contributed by atoms with Crippen molar-refractivity contribution in [1.29, 1.82) is 0 Å². The molecule has 3 rings (SSSR count). The molecule has 8 heteroatoms. The molecule has 0 aromatic heterocycles. The topological polar surface area (TPSA) is 128 Å². The number of nitrogens with one attached hydrogen (secondary N) is 1. The van der Waals surface area contributed by atoms with Crippen molar-refractivity contribution >= 4 is 11.6 Å². The molecule has 2 aromatic carbocycles. The van der Waals surface area contributed by atoms with E-state index >= 15 is 0 Å². The van der Waals surface area contributed by atoms with Crippen LogP contribution in [0.4, 0.5) is 5.69 Å². The molecule has 0 bridgehead atoms. The lowest BCUT2D eigenvalue weighted by atomic mass is 9.90. The minimum atomic E-state index is -0.761. The van der Waals surface area contributed by atoms with Crippen molar-refractivity contribution in [3.63, 3.8) is 0 Å². The van der Waals surface area contributed by atoms with Gasteiger partial charge in [0.1, 0.15) is 23.7 Å². The summed E-state index contributed by atoms with van der Waals surface area (Å²) in [4.78, 5) is 11.4. The number of anilines is 1. The standard InChI is InChI=1S/C22H27NO7/c1-3-15-16(8-21-29-19(10-24)20(11-25)30-21)22(18(28)9-17(15)27)13-5-4-6-14(7-13)23-12(2)26/h4-7,9,19-21,24-25,27-28H,3,8,10-11H2,1-2H3,(H,23,26)/t19-,20-/m0/s1. The Morgan fingerprint density at radius 3 is 2.27 bits per heavy atom. The first-order valence-electron chi connectivity index (χ1n) is 9.85. The van der Waals surface area contributed by atoms with Gasteiger partial charge in [0.15, 0.2) is 6.29 Å². The highest BCUT2D eigenvalue weighted by Gasteiger charge is 2.36. The molecule has 1 fully saturated rings. The number of rotatable bonds is 7. The molecule has 30 heavy (non-hydrogen) atoms. The number of benzene rings is 2. The number of phenols is 2. The zero-order valence-electron chi connectivity index (χ0n) is 17.0. The van der Waals surface area contributed by atoms with Crippen LogP contribution < -0.4 is 5.32 Å². The zero-order valence-corrected chi connectivity index (χ0v) is 17.0. The Kier molecular flexibility index (Phi) is 6.94. The van der Waals surface area contributed by atoms with Gasteiger partial charge in [0.05, 0.1) is 13.2 Å². The molecule has 1 heterocycles. The quantitative estimate of drug-likeness (QED) is 0.466. The Morgan fingerprint density at radius 1 is 1.03 bits per heavy atom. The van der Waals surface area contributed by atoms with E-state index in [2.05, 4.69) is 5.32 Å². The van der Waals surface area contributed by atoms with E-state index in [1.807, 2.05) is 6.92 Å². The van der Waals surface area contributed by atoms with Gasteiger partial charge in [-0.2, -0.15) is 0 Å². The van der Waals surface area contributed by atoms with E-state index in [9.17, 15) is 25.2 Å². The minimum absolute atomic E-state index is 0.0396. The predicted octanol–water partition coefficient (Wildman–Crippen LogP) is 1.92. The van der Waals surface area contributed by atoms with E-state index in [1.165, 1.54) is 13.0 Å². The molecule has 1 aliphatic rings. The number of aliphatic hydroxyl groups excluding tert-OH is 2. The number of aromatic hydroxyl groups is 2. The van der Waals surface area contributed by atoms with Crippen LogP contribution in [0.1, 0.15) is 25.0 Å². The Hall–Kier alpha value is -2.65. The lowest BCUT2D eigenvalue weighted by molar-refractivity contribution is -0.114. The van der Waals surface area contributed by atoms with E-state index in [-0.39, 0.29) is 37.0 Å². The van der Waals surface area contributed by atoms with Gasteiger partial charge >= 0.3 is 0 Å². The third-order valence-electron chi connectivity index (χ3n) is 5.13. The van der Waals surface area contributed by atoms with Crippen LogP contribution in [-0.4, -0.2) is 58.0 Å². The SMILES string of the molecule is CCc1c(O)cc(O)c(-c2cccc(NC(C)=O)c2)c1CC1O[C@@H](CO)[C@H](CO)O1. The number of aliphatic hydroxyl groups is 2. The number of hydrogen-bond acceptors (Lipinski definition) is 7. The van der Waals surface area contributed by atoms with E-state index in [0.29, 0.717) is 34.4 Å². The fourth-order valence-corrected chi connectivity index (χ4v) is 3.83. The molecule has 1 amide bonds. The summed E-state index contributed by atoms with van der Waals surface area (Å²) in [6.45, 7) is 2.71. The fourth-order valence-electron chi connectivity index (χ4n) is 3.83. The lowest BCUT2D eigenvalue weighted by Crippen LogP contribution is -2.29. The van der Waals surface area contributed by atoms with Gasteiger partial charge in [0.2, 0.25) is 5.91 Å². The highest BCUT2D eigenvalue weighted by atomic mass is 16.7. The summed E-state index contributed by atoms with van der Waals surface area (Å²) in [5, 5.41) is 42.7. The van der Waals surface area contributed by atoms with Gasteiger partial charge in [-0.3, -0.25) is 4.79 Å².